The van der Waals surface area contributed by atoms with Crippen LogP contribution in [0.2, 0.25) is 0 Å². The highest BCUT2D eigenvalue weighted by Crippen LogP contribution is 2.35. The monoisotopic (exact) mass is 251 g/mol. The van der Waals surface area contributed by atoms with Crippen molar-refractivity contribution in [1.82, 2.24) is 5.32 Å². The van der Waals surface area contributed by atoms with E-state index in [4.69, 9.17) is 5.11 Å². The Bertz CT molecular complexity index is 363. The summed E-state index contributed by atoms with van der Waals surface area (Å²) in [5.41, 5.74) is -0.257. The smallest absolute Gasteiger partial charge is 0.396 e. The number of thiophene rings is 1. The first-order chi connectivity index (χ1) is 7.52. The van der Waals surface area contributed by atoms with Crippen molar-refractivity contribution in [2.75, 3.05) is 6.61 Å². The molecule has 2 atom stereocenters. The van der Waals surface area contributed by atoms with Crippen molar-refractivity contribution in [1.29, 1.82) is 0 Å². The first-order valence-electron chi connectivity index (χ1n) is 4.99. The Hall–Kier alpha value is -0.590. The van der Waals surface area contributed by atoms with Gasteiger partial charge >= 0.3 is 6.18 Å². The zero-order valence-electron chi connectivity index (χ0n) is 8.42. The van der Waals surface area contributed by atoms with Gasteiger partial charge in [0, 0.05) is 24.6 Å². The molecule has 16 heavy (non-hydrogen) atoms. The number of aliphatic hydroxyl groups excluding tert-OH is 1. The van der Waals surface area contributed by atoms with E-state index in [9.17, 15) is 13.2 Å². The van der Waals surface area contributed by atoms with E-state index in [0.717, 1.165) is 23.1 Å². The van der Waals surface area contributed by atoms with E-state index >= 15 is 0 Å². The minimum absolute atomic E-state index is 0.105. The lowest BCUT2D eigenvalue weighted by molar-refractivity contribution is -0.137. The molecule has 1 fully saturated rings. The number of alkyl halides is 3. The fourth-order valence-electron chi connectivity index (χ4n) is 1.65. The molecule has 2 nitrogen and oxygen atoms in total. The van der Waals surface area contributed by atoms with Crippen LogP contribution in [0.25, 0.3) is 0 Å². The lowest BCUT2D eigenvalue weighted by Crippen LogP contribution is -2.20. The third-order valence-corrected chi connectivity index (χ3v) is 3.55. The summed E-state index contributed by atoms with van der Waals surface area (Å²) in [7, 11) is 0. The van der Waals surface area contributed by atoms with Crippen LogP contribution < -0.4 is 5.32 Å². The van der Waals surface area contributed by atoms with Crippen molar-refractivity contribution in [2.24, 2.45) is 5.92 Å². The van der Waals surface area contributed by atoms with E-state index in [0.29, 0.717) is 5.56 Å². The second kappa shape index (κ2) is 4.35. The summed E-state index contributed by atoms with van der Waals surface area (Å²) < 4.78 is 37.5. The van der Waals surface area contributed by atoms with Crippen molar-refractivity contribution in [3.8, 4) is 0 Å². The minimum Gasteiger partial charge on any atom is -0.396 e. The molecule has 0 unspecified atom stereocenters. The fraction of sp³-hybridized carbons (Fsp3) is 0.600. The van der Waals surface area contributed by atoms with Crippen LogP contribution in [0.4, 0.5) is 13.2 Å². The van der Waals surface area contributed by atoms with Gasteiger partial charge in [0.1, 0.15) is 0 Å². The van der Waals surface area contributed by atoms with Gasteiger partial charge in [-0.3, -0.25) is 0 Å². The molecule has 0 aromatic carbocycles. The molecule has 1 saturated carbocycles. The van der Waals surface area contributed by atoms with Gasteiger partial charge in [-0.25, -0.2) is 0 Å². The zero-order chi connectivity index (χ0) is 11.8. The summed E-state index contributed by atoms with van der Waals surface area (Å²) in [6.45, 7) is 0.326. The maximum atomic E-state index is 12.5. The molecule has 1 heterocycles. The van der Waals surface area contributed by atoms with Crippen LogP contribution in [-0.4, -0.2) is 17.8 Å². The van der Waals surface area contributed by atoms with E-state index in [1.807, 2.05) is 0 Å². The highest BCUT2D eigenvalue weighted by Gasteiger charge is 2.37. The van der Waals surface area contributed by atoms with Crippen LogP contribution in [0.5, 0.6) is 0 Å². The van der Waals surface area contributed by atoms with Crippen LogP contribution in [0, 0.1) is 5.92 Å². The van der Waals surface area contributed by atoms with E-state index in [1.54, 1.807) is 0 Å². The molecule has 1 aromatic heterocycles. The van der Waals surface area contributed by atoms with Crippen LogP contribution >= 0.6 is 11.3 Å². The molecule has 2 rings (SSSR count). The maximum Gasteiger partial charge on any atom is 0.417 e. The standard InChI is InChI=1S/C10H12F3NOS/c11-10(12,13)8-5-16-4-7(8)2-14-9-1-6(9)3-15/h4-6,9,14-15H,1-3H2/t6-,9+/m0/s1. The molecule has 0 bridgehead atoms. The molecule has 1 aliphatic rings. The van der Waals surface area contributed by atoms with E-state index in [2.05, 4.69) is 5.32 Å². The molecular weight excluding hydrogens is 239 g/mol. The molecule has 1 aliphatic carbocycles. The van der Waals surface area contributed by atoms with Crippen molar-refractivity contribution in [3.05, 3.63) is 21.9 Å². The van der Waals surface area contributed by atoms with Crippen LogP contribution in [0.15, 0.2) is 10.8 Å². The third kappa shape index (κ3) is 2.56. The van der Waals surface area contributed by atoms with Crippen molar-refractivity contribution < 1.29 is 18.3 Å². The molecular formula is C10H12F3NOS. The molecule has 0 amide bonds. The van der Waals surface area contributed by atoms with Crippen molar-refractivity contribution in [2.45, 2.75) is 25.2 Å². The van der Waals surface area contributed by atoms with Crippen LogP contribution in [0.3, 0.4) is 0 Å². The number of nitrogens with one attached hydrogen (secondary N) is 1. The second-order valence-corrected chi connectivity index (χ2v) is 4.72. The highest BCUT2D eigenvalue weighted by molar-refractivity contribution is 7.08. The largest absolute Gasteiger partial charge is 0.417 e. The molecule has 0 spiro atoms. The Morgan fingerprint density at radius 3 is 2.75 bits per heavy atom. The maximum absolute atomic E-state index is 12.5. The van der Waals surface area contributed by atoms with Gasteiger partial charge in [0.05, 0.1) is 5.56 Å². The average molecular weight is 251 g/mol. The predicted molar refractivity (Wildman–Crippen MR) is 55.1 cm³/mol. The molecule has 90 valence electrons. The Morgan fingerprint density at radius 1 is 1.44 bits per heavy atom. The molecule has 1 aromatic rings. The number of aliphatic hydroxyl groups is 1. The Balaban J connectivity index is 1.92. The molecule has 6 heteroatoms. The van der Waals surface area contributed by atoms with Gasteiger partial charge in [-0.2, -0.15) is 24.5 Å². The van der Waals surface area contributed by atoms with Gasteiger partial charge in [-0.05, 0) is 23.3 Å². The SMILES string of the molecule is OC[C@@H]1C[C@H]1NCc1cscc1C(F)(F)F. The van der Waals surface area contributed by atoms with E-state index in [1.165, 1.54) is 5.38 Å². The fourth-order valence-corrected chi connectivity index (χ4v) is 2.51. The Morgan fingerprint density at radius 2 is 2.19 bits per heavy atom. The minimum atomic E-state index is -4.27. The van der Waals surface area contributed by atoms with Crippen molar-refractivity contribution >= 4 is 11.3 Å². The molecule has 2 N–H and O–H groups in total. The first-order valence-corrected chi connectivity index (χ1v) is 5.93. The topological polar surface area (TPSA) is 32.3 Å². The molecule has 0 saturated heterocycles. The predicted octanol–water partition coefficient (Wildman–Crippen LogP) is 2.24. The number of halogens is 3. The summed E-state index contributed by atoms with van der Waals surface area (Å²) in [6, 6.07) is 0.172. The van der Waals surface area contributed by atoms with Gasteiger partial charge < -0.3 is 10.4 Å². The van der Waals surface area contributed by atoms with Crippen molar-refractivity contribution in [3.63, 3.8) is 0 Å². The first kappa shape index (κ1) is 11.9. The van der Waals surface area contributed by atoms with Gasteiger partial charge in [0.15, 0.2) is 0 Å². The third-order valence-electron chi connectivity index (χ3n) is 2.76. The average Bonchev–Trinajstić information content (AvgIpc) is 2.79. The quantitative estimate of drug-likeness (QED) is 0.860. The normalized spacial score (nSPS) is 24.8. The Kier molecular flexibility index (Phi) is 3.23. The van der Waals surface area contributed by atoms with Gasteiger partial charge in [0.2, 0.25) is 0 Å². The molecule has 0 radical (unpaired) electrons. The van der Waals surface area contributed by atoms with E-state index in [-0.39, 0.29) is 25.1 Å². The van der Waals surface area contributed by atoms with Crippen LogP contribution in [0.1, 0.15) is 17.5 Å². The van der Waals surface area contributed by atoms with Gasteiger partial charge in [0.25, 0.3) is 0 Å². The molecule has 0 aliphatic heterocycles. The zero-order valence-corrected chi connectivity index (χ0v) is 9.24. The Labute approximate surface area is 95.1 Å². The van der Waals surface area contributed by atoms with Gasteiger partial charge in [-0.1, -0.05) is 0 Å². The summed E-state index contributed by atoms with van der Waals surface area (Å²) in [4.78, 5) is 0. The summed E-state index contributed by atoms with van der Waals surface area (Å²) in [6.07, 6.45) is -3.42. The lowest BCUT2D eigenvalue weighted by Gasteiger charge is -2.08. The van der Waals surface area contributed by atoms with Crippen LogP contribution in [-0.2, 0) is 12.7 Å². The number of rotatable bonds is 4. The number of hydrogen-bond donors (Lipinski definition) is 2. The number of hydrogen-bond acceptors (Lipinski definition) is 3. The lowest BCUT2D eigenvalue weighted by atomic mass is 10.2. The van der Waals surface area contributed by atoms with Gasteiger partial charge in [-0.15, -0.1) is 0 Å². The highest BCUT2D eigenvalue weighted by atomic mass is 32.1. The second-order valence-electron chi connectivity index (χ2n) is 3.97. The summed E-state index contributed by atoms with van der Waals surface area (Å²) in [5.74, 6) is 0.216. The summed E-state index contributed by atoms with van der Waals surface area (Å²) in [5, 5.41) is 14.5. The summed E-state index contributed by atoms with van der Waals surface area (Å²) >= 11 is 1.06. The van der Waals surface area contributed by atoms with E-state index < -0.39 is 11.7 Å².